The summed E-state index contributed by atoms with van der Waals surface area (Å²) in [6, 6.07) is 0.262. The predicted molar refractivity (Wildman–Crippen MR) is 68.0 cm³/mol. The molecule has 0 aromatic carbocycles. The molecule has 0 radical (unpaired) electrons. The summed E-state index contributed by atoms with van der Waals surface area (Å²) in [5, 5.41) is 12.2. The van der Waals surface area contributed by atoms with E-state index >= 15 is 0 Å². The molecule has 5 atom stereocenters. The largest absolute Gasteiger partial charge is 0.481 e. The van der Waals surface area contributed by atoms with Gasteiger partial charge in [0, 0.05) is 6.04 Å². The number of nitrogens with one attached hydrogen (secondary N) is 1. The Morgan fingerprint density at radius 3 is 2.22 bits per heavy atom. The van der Waals surface area contributed by atoms with Crippen molar-refractivity contribution in [3.63, 3.8) is 0 Å². The molecule has 5 unspecified atom stereocenters. The maximum atomic E-state index is 12.2. The lowest BCUT2D eigenvalue weighted by molar-refractivity contribution is -0.146. The Morgan fingerprint density at radius 1 is 1.00 bits per heavy atom. The molecular formula is C14H23NO3. The molecule has 2 saturated carbocycles. The van der Waals surface area contributed by atoms with Gasteiger partial charge in [0.2, 0.25) is 5.91 Å². The first-order chi connectivity index (χ1) is 8.47. The lowest BCUT2D eigenvalue weighted by Crippen LogP contribution is -2.40. The fourth-order valence-corrected chi connectivity index (χ4v) is 3.50. The Hall–Kier alpha value is -1.06. The first-order valence-electron chi connectivity index (χ1n) is 7.00. The maximum Gasteiger partial charge on any atom is 0.307 e. The van der Waals surface area contributed by atoms with Crippen molar-refractivity contribution in [1.29, 1.82) is 0 Å². The Morgan fingerprint density at radius 2 is 1.67 bits per heavy atom. The molecule has 18 heavy (non-hydrogen) atoms. The van der Waals surface area contributed by atoms with Crippen LogP contribution < -0.4 is 5.32 Å². The van der Waals surface area contributed by atoms with E-state index in [1.165, 1.54) is 0 Å². The van der Waals surface area contributed by atoms with E-state index in [1.807, 2.05) is 6.92 Å². The topological polar surface area (TPSA) is 66.4 Å². The van der Waals surface area contributed by atoms with Gasteiger partial charge in [-0.05, 0) is 43.9 Å². The fourth-order valence-electron chi connectivity index (χ4n) is 3.50. The maximum absolute atomic E-state index is 12.2. The van der Waals surface area contributed by atoms with Gasteiger partial charge in [0.15, 0.2) is 0 Å². The van der Waals surface area contributed by atoms with E-state index in [4.69, 9.17) is 0 Å². The SMILES string of the molecule is CC1CCC(NC(=O)C2CC(C)CC2C(=O)O)C1. The van der Waals surface area contributed by atoms with Gasteiger partial charge in [0.05, 0.1) is 11.8 Å². The zero-order valence-corrected chi connectivity index (χ0v) is 11.2. The average molecular weight is 253 g/mol. The molecule has 2 fully saturated rings. The number of carbonyl (C=O) groups is 2. The third-order valence-electron chi connectivity index (χ3n) is 4.49. The number of rotatable bonds is 3. The third-order valence-corrected chi connectivity index (χ3v) is 4.49. The van der Waals surface area contributed by atoms with Crippen molar-refractivity contribution in [2.75, 3.05) is 0 Å². The Kier molecular flexibility index (Phi) is 3.93. The van der Waals surface area contributed by atoms with Gasteiger partial charge < -0.3 is 10.4 Å². The molecule has 4 heteroatoms. The zero-order chi connectivity index (χ0) is 13.3. The van der Waals surface area contributed by atoms with Crippen molar-refractivity contribution in [3.8, 4) is 0 Å². The molecule has 2 N–H and O–H groups in total. The van der Waals surface area contributed by atoms with Crippen molar-refractivity contribution in [3.05, 3.63) is 0 Å². The number of hydrogen-bond acceptors (Lipinski definition) is 2. The molecule has 0 spiro atoms. The first-order valence-corrected chi connectivity index (χ1v) is 7.00. The summed E-state index contributed by atoms with van der Waals surface area (Å²) in [4.78, 5) is 23.4. The molecule has 0 aliphatic heterocycles. The zero-order valence-electron chi connectivity index (χ0n) is 11.2. The van der Waals surface area contributed by atoms with Crippen LogP contribution in [0.15, 0.2) is 0 Å². The van der Waals surface area contributed by atoms with Gasteiger partial charge in [0.25, 0.3) is 0 Å². The molecule has 0 heterocycles. The van der Waals surface area contributed by atoms with Crippen molar-refractivity contribution in [1.82, 2.24) is 5.32 Å². The van der Waals surface area contributed by atoms with E-state index in [0.29, 0.717) is 24.7 Å². The van der Waals surface area contributed by atoms with Crippen LogP contribution in [-0.2, 0) is 9.59 Å². The Bertz CT molecular complexity index is 342. The van der Waals surface area contributed by atoms with E-state index in [-0.39, 0.29) is 17.9 Å². The summed E-state index contributed by atoms with van der Waals surface area (Å²) in [5.41, 5.74) is 0. The summed E-state index contributed by atoms with van der Waals surface area (Å²) in [6.45, 7) is 4.23. The van der Waals surface area contributed by atoms with E-state index in [0.717, 1.165) is 19.3 Å². The fraction of sp³-hybridized carbons (Fsp3) is 0.857. The number of aliphatic carboxylic acids is 1. The Labute approximate surface area is 108 Å². The highest BCUT2D eigenvalue weighted by Crippen LogP contribution is 2.37. The summed E-state index contributed by atoms with van der Waals surface area (Å²) in [6.07, 6.45) is 4.58. The van der Waals surface area contributed by atoms with Crippen molar-refractivity contribution in [2.24, 2.45) is 23.7 Å². The number of amides is 1. The number of carboxylic acids is 1. The van der Waals surface area contributed by atoms with Gasteiger partial charge in [0.1, 0.15) is 0 Å². The van der Waals surface area contributed by atoms with E-state index in [2.05, 4.69) is 12.2 Å². The van der Waals surface area contributed by atoms with Gasteiger partial charge in [-0.2, -0.15) is 0 Å². The molecule has 4 nitrogen and oxygen atoms in total. The number of hydrogen-bond donors (Lipinski definition) is 2. The monoisotopic (exact) mass is 253 g/mol. The molecule has 2 aliphatic rings. The van der Waals surface area contributed by atoms with Crippen LogP contribution >= 0.6 is 0 Å². The highest BCUT2D eigenvalue weighted by Gasteiger charge is 2.41. The highest BCUT2D eigenvalue weighted by atomic mass is 16.4. The van der Waals surface area contributed by atoms with Crippen LogP contribution in [0.25, 0.3) is 0 Å². The minimum absolute atomic E-state index is 0.0362. The molecule has 0 bridgehead atoms. The standard InChI is InChI=1S/C14H23NO3/c1-8-3-4-10(5-8)15-13(16)11-6-9(2)7-12(11)14(17)18/h8-12H,3-7H2,1-2H3,(H,15,16)(H,17,18). The van der Waals surface area contributed by atoms with Crippen molar-refractivity contribution < 1.29 is 14.7 Å². The van der Waals surface area contributed by atoms with Gasteiger partial charge in [-0.15, -0.1) is 0 Å². The Balaban J connectivity index is 1.93. The van der Waals surface area contributed by atoms with Gasteiger partial charge >= 0.3 is 5.97 Å². The molecule has 0 saturated heterocycles. The molecule has 2 rings (SSSR count). The molecule has 0 aromatic rings. The van der Waals surface area contributed by atoms with Gasteiger partial charge in [-0.25, -0.2) is 0 Å². The second kappa shape index (κ2) is 5.29. The van der Waals surface area contributed by atoms with Crippen LogP contribution in [0.4, 0.5) is 0 Å². The predicted octanol–water partition coefficient (Wildman–Crippen LogP) is 2.04. The van der Waals surface area contributed by atoms with Gasteiger partial charge in [-0.1, -0.05) is 13.8 Å². The van der Waals surface area contributed by atoms with Gasteiger partial charge in [-0.3, -0.25) is 9.59 Å². The number of carboxylic acid groups (broad SMARTS) is 1. The summed E-state index contributed by atoms with van der Waals surface area (Å²) in [5.74, 6) is -0.658. The van der Waals surface area contributed by atoms with Crippen molar-refractivity contribution >= 4 is 11.9 Å². The van der Waals surface area contributed by atoms with E-state index < -0.39 is 11.9 Å². The minimum Gasteiger partial charge on any atom is -0.481 e. The number of carbonyl (C=O) groups excluding carboxylic acids is 1. The highest BCUT2D eigenvalue weighted by molar-refractivity contribution is 5.85. The minimum atomic E-state index is -0.820. The van der Waals surface area contributed by atoms with Crippen molar-refractivity contribution in [2.45, 2.75) is 52.0 Å². The normalized spacial score (nSPS) is 39.8. The second-order valence-electron chi connectivity index (χ2n) is 6.25. The van der Waals surface area contributed by atoms with Crippen LogP contribution in [0.3, 0.4) is 0 Å². The second-order valence-corrected chi connectivity index (χ2v) is 6.25. The summed E-state index contributed by atoms with van der Waals surface area (Å²) >= 11 is 0. The third kappa shape index (κ3) is 2.85. The molecule has 1 amide bonds. The van der Waals surface area contributed by atoms with E-state index in [9.17, 15) is 14.7 Å². The van der Waals surface area contributed by atoms with Crippen LogP contribution in [-0.4, -0.2) is 23.0 Å². The molecule has 102 valence electrons. The van der Waals surface area contributed by atoms with Crippen LogP contribution in [0.2, 0.25) is 0 Å². The summed E-state index contributed by atoms with van der Waals surface area (Å²) in [7, 11) is 0. The molecular weight excluding hydrogens is 230 g/mol. The smallest absolute Gasteiger partial charge is 0.307 e. The van der Waals surface area contributed by atoms with Crippen LogP contribution in [0.1, 0.15) is 46.0 Å². The molecule has 2 aliphatic carbocycles. The molecule has 0 aromatic heterocycles. The summed E-state index contributed by atoms with van der Waals surface area (Å²) < 4.78 is 0. The van der Waals surface area contributed by atoms with Crippen LogP contribution in [0, 0.1) is 23.7 Å². The lowest BCUT2D eigenvalue weighted by Gasteiger charge is -2.19. The lowest BCUT2D eigenvalue weighted by atomic mass is 9.95. The first kappa shape index (κ1) is 13.4. The average Bonchev–Trinajstić information content (AvgIpc) is 2.85. The van der Waals surface area contributed by atoms with Crippen LogP contribution in [0.5, 0.6) is 0 Å². The quantitative estimate of drug-likeness (QED) is 0.809. The van der Waals surface area contributed by atoms with E-state index in [1.54, 1.807) is 0 Å².